The fraction of sp³-hybridized carbons (Fsp3) is 0.286. The monoisotopic (exact) mass is 260 g/mol. The van der Waals surface area contributed by atoms with Crippen LogP contribution in [-0.4, -0.2) is 28.0 Å². The molecule has 100 valence electrons. The summed E-state index contributed by atoms with van der Waals surface area (Å²) in [6, 6.07) is 7.13. The molecule has 2 rings (SSSR count). The molecule has 5 nitrogen and oxygen atoms in total. The number of rotatable bonds is 4. The molecule has 0 radical (unpaired) electrons. The van der Waals surface area contributed by atoms with Crippen molar-refractivity contribution in [2.75, 3.05) is 0 Å². The summed E-state index contributed by atoms with van der Waals surface area (Å²) in [5.41, 5.74) is 2.25. The van der Waals surface area contributed by atoms with E-state index in [2.05, 4.69) is 10.3 Å². The van der Waals surface area contributed by atoms with Gasteiger partial charge in [-0.1, -0.05) is 18.2 Å². The quantitative estimate of drug-likeness (QED) is 0.787. The average Bonchev–Trinajstić information content (AvgIpc) is 2.63. The second-order valence-electron chi connectivity index (χ2n) is 4.64. The third-order valence-electron chi connectivity index (χ3n) is 2.98. The maximum Gasteiger partial charge on any atom is 0.305 e. The first-order chi connectivity index (χ1) is 8.99. The predicted octanol–water partition coefficient (Wildman–Crippen LogP) is 2.07. The highest BCUT2D eigenvalue weighted by atomic mass is 16.4. The highest BCUT2D eigenvalue weighted by Gasteiger charge is 2.18. The molecule has 0 saturated carbocycles. The fourth-order valence-corrected chi connectivity index (χ4v) is 2.18. The normalized spacial score (nSPS) is 12.3. The van der Waals surface area contributed by atoms with E-state index >= 15 is 0 Å². The molecule has 3 N–H and O–H groups in total. The van der Waals surface area contributed by atoms with Crippen molar-refractivity contribution in [3.63, 3.8) is 0 Å². The number of carboxylic acids is 1. The number of nitrogens with one attached hydrogen (secondary N) is 2. The van der Waals surface area contributed by atoms with Crippen LogP contribution in [0.15, 0.2) is 24.3 Å². The summed E-state index contributed by atoms with van der Waals surface area (Å²) in [5.74, 6) is -1.17. The number of aliphatic carboxylic acids is 1. The zero-order chi connectivity index (χ0) is 14.0. The number of benzene rings is 1. The van der Waals surface area contributed by atoms with Crippen molar-refractivity contribution < 1.29 is 14.7 Å². The number of fused-ring (bicyclic) bond motifs is 1. The summed E-state index contributed by atoms with van der Waals surface area (Å²) in [5, 5.41) is 12.3. The molecule has 0 aliphatic carbocycles. The zero-order valence-corrected chi connectivity index (χ0v) is 10.9. The van der Waals surface area contributed by atoms with Crippen LogP contribution in [0, 0.1) is 6.92 Å². The number of hydrogen-bond donors (Lipinski definition) is 3. The van der Waals surface area contributed by atoms with E-state index in [1.165, 1.54) is 0 Å². The maximum atomic E-state index is 12.2. The highest BCUT2D eigenvalue weighted by Crippen LogP contribution is 2.21. The summed E-state index contributed by atoms with van der Waals surface area (Å²) in [7, 11) is 0. The molecule has 5 heteroatoms. The van der Waals surface area contributed by atoms with Crippen LogP contribution in [-0.2, 0) is 4.79 Å². The van der Waals surface area contributed by atoms with Crippen molar-refractivity contribution in [3.8, 4) is 0 Å². The SMILES string of the molecule is Cc1[nH]c2ccccc2c1C(=O)NC(C)CC(=O)O. The Kier molecular flexibility index (Phi) is 3.55. The third kappa shape index (κ3) is 2.76. The number of H-pyrrole nitrogens is 1. The van der Waals surface area contributed by atoms with Crippen LogP contribution in [0.1, 0.15) is 29.4 Å². The van der Waals surface area contributed by atoms with E-state index in [4.69, 9.17) is 5.11 Å². The van der Waals surface area contributed by atoms with Crippen LogP contribution < -0.4 is 5.32 Å². The molecule has 2 aromatic rings. The van der Waals surface area contributed by atoms with Gasteiger partial charge in [-0.3, -0.25) is 9.59 Å². The predicted molar refractivity (Wildman–Crippen MR) is 72.2 cm³/mol. The van der Waals surface area contributed by atoms with E-state index < -0.39 is 12.0 Å². The van der Waals surface area contributed by atoms with Gasteiger partial charge >= 0.3 is 5.97 Å². The first-order valence-corrected chi connectivity index (χ1v) is 6.09. The summed E-state index contributed by atoms with van der Waals surface area (Å²) in [4.78, 5) is 26.0. The number of carbonyl (C=O) groups excluding carboxylic acids is 1. The molecule has 0 fully saturated rings. The van der Waals surface area contributed by atoms with Gasteiger partial charge in [-0.2, -0.15) is 0 Å². The number of carbonyl (C=O) groups is 2. The number of aromatic amines is 1. The van der Waals surface area contributed by atoms with E-state index in [1.807, 2.05) is 31.2 Å². The van der Waals surface area contributed by atoms with Crippen LogP contribution in [0.4, 0.5) is 0 Å². The molecule has 1 amide bonds. The summed E-state index contributed by atoms with van der Waals surface area (Å²) in [6.45, 7) is 3.51. The number of aryl methyl sites for hydroxylation is 1. The van der Waals surface area contributed by atoms with Crippen molar-refractivity contribution in [1.82, 2.24) is 10.3 Å². The largest absolute Gasteiger partial charge is 0.481 e. The Balaban J connectivity index is 2.26. The molecule has 0 bridgehead atoms. The zero-order valence-electron chi connectivity index (χ0n) is 10.9. The molecule has 1 aromatic heterocycles. The van der Waals surface area contributed by atoms with Crippen LogP contribution in [0.5, 0.6) is 0 Å². The van der Waals surface area contributed by atoms with Crippen molar-refractivity contribution >= 4 is 22.8 Å². The molecule has 0 aliphatic heterocycles. The molecule has 19 heavy (non-hydrogen) atoms. The minimum absolute atomic E-state index is 0.0901. The van der Waals surface area contributed by atoms with Gasteiger partial charge in [-0.15, -0.1) is 0 Å². The molecule has 0 saturated heterocycles. The third-order valence-corrected chi connectivity index (χ3v) is 2.98. The second kappa shape index (κ2) is 5.14. The first kappa shape index (κ1) is 13.1. The van der Waals surface area contributed by atoms with E-state index in [0.717, 1.165) is 16.6 Å². The Hall–Kier alpha value is -2.30. The summed E-state index contributed by atoms with van der Waals surface area (Å²) >= 11 is 0. The lowest BCUT2D eigenvalue weighted by atomic mass is 10.1. The van der Waals surface area contributed by atoms with Gasteiger partial charge in [-0.05, 0) is 19.9 Å². The number of amides is 1. The molecule has 1 heterocycles. The molecule has 1 atom stereocenters. The Labute approximate surface area is 110 Å². The number of para-hydroxylation sites is 1. The van der Waals surface area contributed by atoms with E-state index in [1.54, 1.807) is 6.92 Å². The summed E-state index contributed by atoms with van der Waals surface area (Å²) < 4.78 is 0. The standard InChI is InChI=1S/C14H16N2O3/c1-8(7-12(17)18)15-14(19)13-9(2)16-11-6-4-3-5-10(11)13/h3-6,8,16H,7H2,1-2H3,(H,15,19)(H,17,18). The van der Waals surface area contributed by atoms with Gasteiger partial charge in [0.25, 0.3) is 5.91 Å². The average molecular weight is 260 g/mol. The van der Waals surface area contributed by atoms with Crippen LogP contribution in [0.3, 0.4) is 0 Å². The molecular weight excluding hydrogens is 244 g/mol. The Morgan fingerprint density at radius 3 is 2.74 bits per heavy atom. The smallest absolute Gasteiger partial charge is 0.305 e. The maximum absolute atomic E-state index is 12.2. The molecule has 0 aliphatic rings. The van der Waals surface area contributed by atoms with Crippen LogP contribution >= 0.6 is 0 Å². The second-order valence-corrected chi connectivity index (χ2v) is 4.64. The lowest BCUT2D eigenvalue weighted by Gasteiger charge is -2.11. The van der Waals surface area contributed by atoms with Gasteiger partial charge in [0.05, 0.1) is 12.0 Å². The van der Waals surface area contributed by atoms with Crippen molar-refractivity contribution in [3.05, 3.63) is 35.5 Å². The molecule has 1 unspecified atom stereocenters. The van der Waals surface area contributed by atoms with E-state index in [0.29, 0.717) is 5.56 Å². The van der Waals surface area contributed by atoms with E-state index in [-0.39, 0.29) is 12.3 Å². The number of hydrogen-bond acceptors (Lipinski definition) is 2. The van der Waals surface area contributed by atoms with Crippen LogP contribution in [0.2, 0.25) is 0 Å². The Morgan fingerprint density at radius 1 is 1.37 bits per heavy atom. The first-order valence-electron chi connectivity index (χ1n) is 6.09. The molecular formula is C14H16N2O3. The van der Waals surface area contributed by atoms with Gasteiger partial charge in [-0.25, -0.2) is 0 Å². The summed E-state index contributed by atoms with van der Waals surface area (Å²) in [6.07, 6.45) is -0.0901. The minimum Gasteiger partial charge on any atom is -0.481 e. The van der Waals surface area contributed by atoms with Gasteiger partial charge in [0.15, 0.2) is 0 Å². The molecule has 1 aromatic carbocycles. The highest BCUT2D eigenvalue weighted by molar-refractivity contribution is 6.08. The van der Waals surface area contributed by atoms with Gasteiger partial charge < -0.3 is 15.4 Å². The minimum atomic E-state index is -0.927. The number of carboxylic acid groups (broad SMARTS) is 1. The van der Waals surface area contributed by atoms with E-state index in [9.17, 15) is 9.59 Å². The van der Waals surface area contributed by atoms with Gasteiger partial charge in [0, 0.05) is 22.6 Å². The van der Waals surface area contributed by atoms with Crippen molar-refractivity contribution in [2.24, 2.45) is 0 Å². The Bertz CT molecular complexity index is 631. The van der Waals surface area contributed by atoms with Crippen LogP contribution in [0.25, 0.3) is 10.9 Å². The topological polar surface area (TPSA) is 82.2 Å². The number of aromatic nitrogens is 1. The van der Waals surface area contributed by atoms with Crippen molar-refractivity contribution in [2.45, 2.75) is 26.3 Å². The lowest BCUT2D eigenvalue weighted by molar-refractivity contribution is -0.137. The van der Waals surface area contributed by atoms with Crippen molar-refractivity contribution in [1.29, 1.82) is 0 Å². The van der Waals surface area contributed by atoms with Gasteiger partial charge in [0.1, 0.15) is 0 Å². The molecule has 0 spiro atoms. The lowest BCUT2D eigenvalue weighted by Crippen LogP contribution is -2.34. The fourth-order valence-electron chi connectivity index (χ4n) is 2.18. The van der Waals surface area contributed by atoms with Gasteiger partial charge in [0.2, 0.25) is 0 Å². The Morgan fingerprint density at radius 2 is 2.05 bits per heavy atom.